The Hall–Kier alpha value is -3.09. The van der Waals surface area contributed by atoms with Gasteiger partial charge in [-0.3, -0.25) is 14.4 Å². The van der Waals surface area contributed by atoms with E-state index in [1.54, 1.807) is 30.0 Å². The van der Waals surface area contributed by atoms with E-state index in [0.29, 0.717) is 49.4 Å². The fourth-order valence-electron chi connectivity index (χ4n) is 4.03. The number of amides is 3. The lowest BCUT2D eigenvalue weighted by molar-refractivity contribution is -0.134. The Morgan fingerprint density at radius 1 is 1.03 bits per heavy atom. The lowest BCUT2D eigenvalue weighted by atomic mass is 9.99. The van der Waals surface area contributed by atoms with Crippen molar-refractivity contribution in [2.24, 2.45) is 5.92 Å². The number of hydrogen-bond acceptors (Lipinski definition) is 4. The molecule has 172 valence electrons. The van der Waals surface area contributed by atoms with Gasteiger partial charge in [0.1, 0.15) is 11.8 Å². The van der Waals surface area contributed by atoms with Gasteiger partial charge in [-0.05, 0) is 62.8 Å². The molecule has 2 aromatic rings. The zero-order valence-corrected chi connectivity index (χ0v) is 19.3. The van der Waals surface area contributed by atoms with Crippen LogP contribution in [-0.4, -0.2) is 47.8 Å². The molecule has 1 aromatic carbocycles. The lowest BCUT2D eigenvalue weighted by Crippen LogP contribution is -2.53. The van der Waals surface area contributed by atoms with Crippen LogP contribution in [0.25, 0.3) is 0 Å². The molecule has 1 aliphatic heterocycles. The number of nitrogens with one attached hydrogen (secondary N) is 2. The van der Waals surface area contributed by atoms with Gasteiger partial charge in [0.15, 0.2) is 5.76 Å². The van der Waals surface area contributed by atoms with Gasteiger partial charge in [0.25, 0.3) is 11.8 Å². The van der Waals surface area contributed by atoms with Crippen molar-refractivity contribution in [1.82, 2.24) is 15.5 Å². The number of hydrogen-bond donors (Lipinski definition) is 2. The van der Waals surface area contributed by atoms with E-state index < -0.39 is 6.04 Å². The van der Waals surface area contributed by atoms with Gasteiger partial charge in [0, 0.05) is 24.7 Å². The predicted molar refractivity (Wildman–Crippen MR) is 122 cm³/mol. The summed E-state index contributed by atoms with van der Waals surface area (Å²) >= 11 is 0. The van der Waals surface area contributed by atoms with E-state index in [1.165, 1.54) is 0 Å². The predicted octanol–water partition coefficient (Wildman–Crippen LogP) is 3.46. The van der Waals surface area contributed by atoms with Crippen LogP contribution in [0.15, 0.2) is 40.8 Å². The molecular weight excluding hydrogens is 406 g/mol. The molecule has 0 saturated carbocycles. The smallest absolute Gasteiger partial charge is 0.287 e. The molecule has 2 heterocycles. The summed E-state index contributed by atoms with van der Waals surface area (Å²) in [6, 6.07) is 10.2. The van der Waals surface area contributed by atoms with Crippen LogP contribution in [0.3, 0.4) is 0 Å². The SMILES string of the molecule is Cc1ccc(C(=O)NC2CCN(C(=O)C(CC(C)C)NC(=O)c3ccccc3C)CC2)o1. The topological polar surface area (TPSA) is 91.7 Å². The number of nitrogens with zero attached hydrogens (tertiary/aromatic N) is 1. The van der Waals surface area contributed by atoms with E-state index in [2.05, 4.69) is 10.6 Å². The maximum Gasteiger partial charge on any atom is 0.287 e. The quantitative estimate of drug-likeness (QED) is 0.691. The minimum absolute atomic E-state index is 0.0120. The second-order valence-electron chi connectivity index (χ2n) is 8.95. The monoisotopic (exact) mass is 439 g/mol. The second-order valence-corrected chi connectivity index (χ2v) is 8.95. The maximum absolute atomic E-state index is 13.2. The number of furan rings is 1. The maximum atomic E-state index is 13.2. The van der Waals surface area contributed by atoms with E-state index in [1.807, 2.05) is 39.0 Å². The molecular formula is C25H33N3O4. The summed E-state index contributed by atoms with van der Waals surface area (Å²) in [7, 11) is 0. The van der Waals surface area contributed by atoms with Gasteiger partial charge in [-0.1, -0.05) is 32.0 Å². The molecule has 1 saturated heterocycles. The first-order chi connectivity index (χ1) is 15.2. The number of likely N-dealkylation sites (tertiary alicyclic amines) is 1. The Bertz CT molecular complexity index is 958. The van der Waals surface area contributed by atoms with Gasteiger partial charge in [-0.2, -0.15) is 0 Å². The Kier molecular flexibility index (Phi) is 7.72. The summed E-state index contributed by atoms with van der Waals surface area (Å²) in [5, 5.41) is 5.95. The summed E-state index contributed by atoms with van der Waals surface area (Å²) in [6.07, 6.45) is 1.90. The average Bonchev–Trinajstić information content (AvgIpc) is 3.20. The fourth-order valence-corrected chi connectivity index (χ4v) is 4.03. The molecule has 1 atom stereocenters. The number of carbonyl (C=O) groups excluding carboxylic acids is 3. The molecule has 2 N–H and O–H groups in total. The molecule has 1 fully saturated rings. The van der Waals surface area contributed by atoms with Crippen molar-refractivity contribution in [1.29, 1.82) is 0 Å². The van der Waals surface area contributed by atoms with Gasteiger partial charge < -0.3 is 20.0 Å². The molecule has 0 radical (unpaired) electrons. The van der Waals surface area contributed by atoms with Crippen molar-refractivity contribution in [3.8, 4) is 0 Å². The average molecular weight is 440 g/mol. The summed E-state index contributed by atoms with van der Waals surface area (Å²) < 4.78 is 5.38. The van der Waals surface area contributed by atoms with Crippen molar-refractivity contribution in [3.63, 3.8) is 0 Å². The van der Waals surface area contributed by atoms with E-state index in [4.69, 9.17) is 4.42 Å². The third-order valence-corrected chi connectivity index (χ3v) is 5.81. The molecule has 3 amide bonds. The largest absolute Gasteiger partial charge is 0.456 e. The van der Waals surface area contributed by atoms with E-state index in [-0.39, 0.29) is 29.7 Å². The first-order valence-electron chi connectivity index (χ1n) is 11.3. The molecule has 3 rings (SSSR count). The van der Waals surface area contributed by atoms with Crippen molar-refractivity contribution in [2.75, 3.05) is 13.1 Å². The Balaban J connectivity index is 1.58. The van der Waals surface area contributed by atoms with Crippen LogP contribution >= 0.6 is 0 Å². The third-order valence-electron chi connectivity index (χ3n) is 5.81. The number of benzene rings is 1. The van der Waals surface area contributed by atoms with Gasteiger partial charge in [-0.25, -0.2) is 0 Å². The van der Waals surface area contributed by atoms with Crippen LogP contribution in [0.5, 0.6) is 0 Å². The van der Waals surface area contributed by atoms with Crippen LogP contribution in [-0.2, 0) is 4.79 Å². The summed E-state index contributed by atoms with van der Waals surface area (Å²) in [5.41, 5.74) is 1.47. The van der Waals surface area contributed by atoms with Gasteiger partial charge in [0.05, 0.1) is 0 Å². The Morgan fingerprint density at radius 2 is 1.72 bits per heavy atom. The van der Waals surface area contributed by atoms with Crippen LogP contribution < -0.4 is 10.6 Å². The lowest BCUT2D eigenvalue weighted by Gasteiger charge is -2.35. The van der Waals surface area contributed by atoms with E-state index in [9.17, 15) is 14.4 Å². The molecule has 0 spiro atoms. The zero-order valence-electron chi connectivity index (χ0n) is 19.3. The third kappa shape index (κ3) is 5.99. The van der Waals surface area contributed by atoms with Crippen molar-refractivity contribution in [2.45, 2.75) is 59.0 Å². The van der Waals surface area contributed by atoms with Gasteiger partial charge >= 0.3 is 0 Å². The van der Waals surface area contributed by atoms with Gasteiger partial charge in [-0.15, -0.1) is 0 Å². The van der Waals surface area contributed by atoms with E-state index in [0.717, 1.165) is 5.56 Å². The highest BCUT2D eigenvalue weighted by atomic mass is 16.3. The fraction of sp³-hybridized carbons (Fsp3) is 0.480. The molecule has 7 nitrogen and oxygen atoms in total. The minimum atomic E-state index is -0.570. The van der Waals surface area contributed by atoms with Gasteiger partial charge in [0.2, 0.25) is 5.91 Å². The summed E-state index contributed by atoms with van der Waals surface area (Å²) in [6.45, 7) is 8.84. The van der Waals surface area contributed by atoms with Crippen LogP contribution in [0.2, 0.25) is 0 Å². The van der Waals surface area contributed by atoms with E-state index >= 15 is 0 Å². The molecule has 7 heteroatoms. The highest BCUT2D eigenvalue weighted by Crippen LogP contribution is 2.17. The van der Waals surface area contributed by atoms with Crippen LogP contribution in [0.4, 0.5) is 0 Å². The van der Waals surface area contributed by atoms with Crippen LogP contribution in [0, 0.1) is 19.8 Å². The molecule has 0 bridgehead atoms. The Labute approximate surface area is 189 Å². The summed E-state index contributed by atoms with van der Waals surface area (Å²) in [4.78, 5) is 40.2. The van der Waals surface area contributed by atoms with Crippen molar-refractivity contribution in [3.05, 3.63) is 59.0 Å². The summed E-state index contributed by atoms with van der Waals surface area (Å²) in [5.74, 6) is 0.738. The second kappa shape index (κ2) is 10.5. The van der Waals surface area contributed by atoms with Crippen LogP contribution in [0.1, 0.15) is 65.3 Å². The highest BCUT2D eigenvalue weighted by molar-refractivity contribution is 5.98. The normalized spacial score (nSPS) is 15.5. The number of carbonyl (C=O) groups is 3. The first-order valence-corrected chi connectivity index (χ1v) is 11.3. The number of aryl methyl sites for hydroxylation is 2. The zero-order chi connectivity index (χ0) is 23.3. The minimum Gasteiger partial charge on any atom is -0.456 e. The van der Waals surface area contributed by atoms with Crippen molar-refractivity contribution >= 4 is 17.7 Å². The molecule has 1 aromatic heterocycles. The standard InChI is InChI=1S/C25H33N3O4/c1-16(2)15-21(27-23(29)20-8-6-5-7-17(20)3)25(31)28-13-11-19(12-14-28)26-24(30)22-10-9-18(4)32-22/h5-10,16,19,21H,11-15H2,1-4H3,(H,26,30)(H,27,29). The highest BCUT2D eigenvalue weighted by Gasteiger charge is 2.31. The number of rotatable bonds is 7. The molecule has 32 heavy (non-hydrogen) atoms. The Morgan fingerprint density at radius 3 is 2.31 bits per heavy atom. The first kappa shape index (κ1) is 23.6. The van der Waals surface area contributed by atoms with Crippen molar-refractivity contribution < 1.29 is 18.8 Å². The molecule has 0 aliphatic carbocycles. The molecule has 1 aliphatic rings. The molecule has 1 unspecified atom stereocenters. The number of piperidine rings is 1.